The number of imidazole rings is 1. The Kier molecular flexibility index (Phi) is 7.14. The van der Waals surface area contributed by atoms with E-state index in [1.54, 1.807) is 17.0 Å². The number of hydrogen-bond donors (Lipinski definition) is 1. The highest BCUT2D eigenvalue weighted by atomic mass is 35.5. The van der Waals surface area contributed by atoms with Crippen molar-refractivity contribution >= 4 is 40.4 Å². The third-order valence-corrected chi connectivity index (χ3v) is 6.48. The summed E-state index contributed by atoms with van der Waals surface area (Å²) in [4.78, 5) is 33.8. The zero-order valence-corrected chi connectivity index (χ0v) is 20.4. The molecule has 2 amide bonds. The maximum absolute atomic E-state index is 12.4. The van der Waals surface area contributed by atoms with E-state index in [1.807, 2.05) is 48.8 Å². The number of anilines is 1. The number of morpholine rings is 1. The van der Waals surface area contributed by atoms with Gasteiger partial charge < -0.3 is 24.4 Å². The van der Waals surface area contributed by atoms with Gasteiger partial charge in [-0.3, -0.25) is 9.59 Å². The van der Waals surface area contributed by atoms with Crippen molar-refractivity contribution in [3.05, 3.63) is 62.8 Å². The molecule has 0 bridgehead atoms. The molecule has 0 saturated carbocycles. The molecule has 1 N–H and O–H groups in total. The normalized spacial score (nSPS) is 14.2. The molecule has 1 aromatic carbocycles. The van der Waals surface area contributed by atoms with Crippen LogP contribution in [0.4, 0.5) is 5.69 Å². The molecule has 1 saturated heterocycles. The van der Waals surface area contributed by atoms with E-state index in [4.69, 9.17) is 21.3 Å². The topological polar surface area (TPSA) is 79.7 Å². The van der Waals surface area contributed by atoms with Gasteiger partial charge in [0.25, 0.3) is 11.8 Å². The summed E-state index contributed by atoms with van der Waals surface area (Å²) in [5.41, 5.74) is 3.59. The molecule has 3 aromatic rings. The fourth-order valence-corrected chi connectivity index (χ4v) is 4.69. The first-order chi connectivity index (χ1) is 15.8. The van der Waals surface area contributed by atoms with E-state index in [-0.39, 0.29) is 18.4 Å². The van der Waals surface area contributed by atoms with E-state index in [9.17, 15) is 9.59 Å². The molecule has 0 radical (unpaired) electrons. The Bertz CT molecular complexity index is 1170. The van der Waals surface area contributed by atoms with Gasteiger partial charge in [-0.25, -0.2) is 4.98 Å². The minimum Gasteiger partial charge on any atom is -0.370 e. The summed E-state index contributed by atoms with van der Waals surface area (Å²) in [6.45, 7) is 4.14. The van der Waals surface area contributed by atoms with Crippen LogP contribution in [-0.4, -0.2) is 60.1 Å². The number of carbonyl (C=O) groups is 2. The molecule has 33 heavy (non-hydrogen) atoms. The first-order valence-electron chi connectivity index (χ1n) is 10.6. The SMILES string of the molecule is Cc1cc(-n2cc(CNC(=O)c3ccc(Cl)s3)nc2CN(C)C)ccc1N1CCOCC1=O. The van der Waals surface area contributed by atoms with Gasteiger partial charge in [-0.15, -0.1) is 11.3 Å². The number of nitrogens with zero attached hydrogens (tertiary/aromatic N) is 4. The van der Waals surface area contributed by atoms with Crippen molar-refractivity contribution in [1.29, 1.82) is 0 Å². The Morgan fingerprint density at radius 3 is 2.79 bits per heavy atom. The fraction of sp³-hybridized carbons (Fsp3) is 0.348. The number of ether oxygens (including phenoxy) is 1. The van der Waals surface area contributed by atoms with Crippen molar-refractivity contribution in [3.8, 4) is 5.69 Å². The summed E-state index contributed by atoms with van der Waals surface area (Å²) in [7, 11) is 3.97. The summed E-state index contributed by atoms with van der Waals surface area (Å²) in [5, 5.41) is 2.91. The van der Waals surface area contributed by atoms with Gasteiger partial charge in [-0.1, -0.05) is 11.6 Å². The second-order valence-corrected chi connectivity index (χ2v) is 9.83. The molecule has 1 fully saturated rings. The van der Waals surface area contributed by atoms with Gasteiger partial charge in [0.1, 0.15) is 12.4 Å². The third-order valence-electron chi connectivity index (χ3n) is 5.25. The van der Waals surface area contributed by atoms with Crippen LogP contribution in [0.3, 0.4) is 0 Å². The van der Waals surface area contributed by atoms with Crippen LogP contribution in [0, 0.1) is 6.92 Å². The molecule has 2 aromatic heterocycles. The predicted molar refractivity (Wildman–Crippen MR) is 129 cm³/mol. The van der Waals surface area contributed by atoms with Crippen LogP contribution < -0.4 is 10.2 Å². The van der Waals surface area contributed by atoms with Gasteiger partial charge in [-0.2, -0.15) is 0 Å². The Hall–Kier alpha value is -2.72. The lowest BCUT2D eigenvalue weighted by Gasteiger charge is -2.28. The monoisotopic (exact) mass is 487 g/mol. The Morgan fingerprint density at radius 1 is 1.30 bits per heavy atom. The number of rotatable bonds is 7. The zero-order chi connectivity index (χ0) is 23.5. The van der Waals surface area contributed by atoms with Crippen molar-refractivity contribution in [2.75, 3.05) is 38.8 Å². The second kappa shape index (κ2) is 10.0. The van der Waals surface area contributed by atoms with Gasteiger partial charge >= 0.3 is 0 Å². The van der Waals surface area contributed by atoms with E-state index in [0.717, 1.165) is 28.5 Å². The molecule has 8 nitrogen and oxygen atoms in total. The van der Waals surface area contributed by atoms with E-state index < -0.39 is 0 Å². The van der Waals surface area contributed by atoms with Crippen molar-refractivity contribution in [1.82, 2.24) is 19.8 Å². The number of benzene rings is 1. The molecule has 4 rings (SSSR count). The van der Waals surface area contributed by atoms with Gasteiger partial charge in [0, 0.05) is 24.1 Å². The number of halogens is 1. The molecule has 3 heterocycles. The van der Waals surface area contributed by atoms with Crippen LogP contribution in [0.25, 0.3) is 5.69 Å². The number of aromatic nitrogens is 2. The minimum absolute atomic E-state index is 0.0296. The molecular formula is C23H26ClN5O3S. The van der Waals surface area contributed by atoms with Crippen LogP contribution in [0.5, 0.6) is 0 Å². The van der Waals surface area contributed by atoms with Crippen molar-refractivity contribution in [2.24, 2.45) is 0 Å². The number of carbonyl (C=O) groups excluding carboxylic acids is 2. The summed E-state index contributed by atoms with van der Waals surface area (Å²) in [5.74, 6) is 0.655. The smallest absolute Gasteiger partial charge is 0.261 e. The minimum atomic E-state index is -0.175. The summed E-state index contributed by atoms with van der Waals surface area (Å²) in [6, 6.07) is 9.43. The van der Waals surface area contributed by atoms with Gasteiger partial charge in [0.05, 0.1) is 34.6 Å². The molecular weight excluding hydrogens is 462 g/mol. The van der Waals surface area contributed by atoms with Gasteiger partial charge in [-0.05, 0) is 56.9 Å². The Balaban J connectivity index is 1.57. The Labute approximate surface area is 201 Å². The van der Waals surface area contributed by atoms with Gasteiger partial charge in [0.2, 0.25) is 0 Å². The highest BCUT2D eigenvalue weighted by Crippen LogP contribution is 2.26. The highest BCUT2D eigenvalue weighted by molar-refractivity contribution is 7.17. The van der Waals surface area contributed by atoms with Crippen LogP contribution in [0.2, 0.25) is 4.34 Å². The molecule has 0 spiro atoms. The van der Waals surface area contributed by atoms with Crippen molar-refractivity contribution in [2.45, 2.75) is 20.0 Å². The van der Waals surface area contributed by atoms with E-state index in [1.165, 1.54) is 11.3 Å². The van der Waals surface area contributed by atoms with Crippen LogP contribution in [-0.2, 0) is 22.6 Å². The average Bonchev–Trinajstić information content (AvgIpc) is 3.38. The molecule has 1 aliphatic heterocycles. The van der Waals surface area contributed by atoms with Gasteiger partial charge in [0.15, 0.2) is 0 Å². The lowest BCUT2D eigenvalue weighted by atomic mass is 10.1. The predicted octanol–water partition coefficient (Wildman–Crippen LogP) is 3.25. The number of amides is 2. The van der Waals surface area contributed by atoms with Crippen molar-refractivity contribution < 1.29 is 14.3 Å². The summed E-state index contributed by atoms with van der Waals surface area (Å²) >= 11 is 7.18. The number of hydrogen-bond acceptors (Lipinski definition) is 6. The van der Waals surface area contributed by atoms with E-state index in [2.05, 4.69) is 11.4 Å². The summed E-state index contributed by atoms with van der Waals surface area (Å²) < 4.78 is 7.86. The number of aryl methyl sites for hydroxylation is 1. The molecule has 0 atom stereocenters. The van der Waals surface area contributed by atoms with Crippen LogP contribution in [0.15, 0.2) is 36.5 Å². The average molecular weight is 488 g/mol. The van der Waals surface area contributed by atoms with E-state index in [0.29, 0.717) is 35.5 Å². The van der Waals surface area contributed by atoms with E-state index >= 15 is 0 Å². The maximum atomic E-state index is 12.4. The fourth-order valence-electron chi connectivity index (χ4n) is 3.73. The number of thiophene rings is 1. The first-order valence-corrected chi connectivity index (χ1v) is 11.8. The largest absolute Gasteiger partial charge is 0.370 e. The third kappa shape index (κ3) is 5.44. The van der Waals surface area contributed by atoms with Crippen molar-refractivity contribution in [3.63, 3.8) is 0 Å². The molecule has 10 heteroatoms. The maximum Gasteiger partial charge on any atom is 0.261 e. The standard InChI is InChI=1S/C23H26ClN5O3S/c1-15-10-17(4-5-18(15)28-8-9-32-14-22(28)30)29-12-16(26-21(29)13-27(2)3)11-25-23(31)19-6-7-20(24)33-19/h4-7,10,12H,8-9,11,13-14H2,1-3H3,(H,25,31). The zero-order valence-electron chi connectivity index (χ0n) is 18.8. The molecule has 0 unspecified atom stereocenters. The van der Waals surface area contributed by atoms with Crippen LogP contribution >= 0.6 is 22.9 Å². The number of nitrogens with one attached hydrogen (secondary N) is 1. The molecule has 0 aliphatic carbocycles. The quantitative estimate of drug-likeness (QED) is 0.553. The summed E-state index contributed by atoms with van der Waals surface area (Å²) in [6.07, 6.45) is 1.94. The Morgan fingerprint density at radius 2 is 2.12 bits per heavy atom. The first kappa shape index (κ1) is 23.4. The second-order valence-electron chi connectivity index (χ2n) is 8.11. The lowest BCUT2D eigenvalue weighted by Crippen LogP contribution is -2.42. The van der Waals surface area contributed by atoms with Crippen LogP contribution in [0.1, 0.15) is 26.8 Å². The highest BCUT2D eigenvalue weighted by Gasteiger charge is 2.22. The molecule has 174 valence electrons. The lowest BCUT2D eigenvalue weighted by molar-refractivity contribution is -0.125. The molecule has 1 aliphatic rings.